The molecule has 0 bridgehead atoms. The van der Waals surface area contributed by atoms with E-state index in [0.29, 0.717) is 5.92 Å². The summed E-state index contributed by atoms with van der Waals surface area (Å²) in [4.78, 5) is 0. The third kappa shape index (κ3) is 2.45. The van der Waals surface area contributed by atoms with E-state index in [-0.39, 0.29) is 6.04 Å². The van der Waals surface area contributed by atoms with Crippen molar-refractivity contribution >= 4 is 0 Å². The van der Waals surface area contributed by atoms with Gasteiger partial charge in [-0.25, -0.2) is 0 Å². The summed E-state index contributed by atoms with van der Waals surface area (Å²) in [6, 6.07) is 6.74. The molecular weight excluding hydrogens is 198 g/mol. The Hall–Kier alpha value is -0.860. The highest BCUT2D eigenvalue weighted by Crippen LogP contribution is 2.28. The maximum Gasteiger partial charge on any atom is 0.0469 e. The van der Waals surface area contributed by atoms with Crippen LogP contribution in [0.2, 0.25) is 0 Å². The molecule has 16 heavy (non-hydrogen) atoms. The van der Waals surface area contributed by atoms with Crippen molar-refractivity contribution in [1.29, 1.82) is 0 Å². The molecule has 1 fully saturated rings. The molecule has 2 rings (SSSR count). The molecule has 0 amide bonds. The number of nitrogens with two attached hydrogens (primary N) is 1. The maximum absolute atomic E-state index is 6.33. The van der Waals surface area contributed by atoms with Crippen LogP contribution in [0.15, 0.2) is 18.2 Å². The van der Waals surface area contributed by atoms with Gasteiger partial charge in [0.1, 0.15) is 0 Å². The minimum atomic E-state index is 0.170. The molecule has 2 heteroatoms. The van der Waals surface area contributed by atoms with E-state index in [4.69, 9.17) is 10.5 Å². The third-order valence-corrected chi connectivity index (χ3v) is 3.69. The normalized spacial score (nSPS) is 19.7. The lowest BCUT2D eigenvalue weighted by Crippen LogP contribution is -2.27. The van der Waals surface area contributed by atoms with Gasteiger partial charge >= 0.3 is 0 Å². The minimum Gasteiger partial charge on any atom is -0.381 e. The third-order valence-electron chi connectivity index (χ3n) is 3.69. The molecule has 2 nitrogen and oxygen atoms in total. The van der Waals surface area contributed by atoms with Crippen LogP contribution < -0.4 is 5.73 Å². The number of ether oxygens (including phenoxy) is 1. The number of hydrogen-bond acceptors (Lipinski definition) is 2. The Kier molecular flexibility index (Phi) is 3.62. The zero-order valence-corrected chi connectivity index (χ0v) is 10.2. The van der Waals surface area contributed by atoms with Gasteiger partial charge in [0.15, 0.2) is 0 Å². The molecule has 1 aromatic rings. The molecule has 0 spiro atoms. The Bertz CT molecular complexity index is 356. The topological polar surface area (TPSA) is 35.2 Å². The van der Waals surface area contributed by atoms with Crippen LogP contribution in [0, 0.1) is 19.8 Å². The Morgan fingerprint density at radius 1 is 1.19 bits per heavy atom. The fourth-order valence-electron chi connectivity index (χ4n) is 2.32. The van der Waals surface area contributed by atoms with Crippen LogP contribution in [0.4, 0.5) is 0 Å². The summed E-state index contributed by atoms with van der Waals surface area (Å²) in [5, 5.41) is 0. The molecule has 0 unspecified atom stereocenters. The summed E-state index contributed by atoms with van der Waals surface area (Å²) in [5.41, 5.74) is 10.3. The fraction of sp³-hybridized carbons (Fsp3) is 0.571. The molecule has 0 radical (unpaired) electrons. The molecule has 1 aromatic carbocycles. The molecule has 88 valence electrons. The molecule has 2 N–H and O–H groups in total. The van der Waals surface area contributed by atoms with Crippen LogP contribution in [0.25, 0.3) is 0 Å². The van der Waals surface area contributed by atoms with Crippen LogP contribution in [0.5, 0.6) is 0 Å². The van der Waals surface area contributed by atoms with E-state index in [2.05, 4.69) is 32.0 Å². The average Bonchev–Trinajstić information content (AvgIpc) is 2.33. The summed E-state index contributed by atoms with van der Waals surface area (Å²) < 4.78 is 5.37. The first-order valence-corrected chi connectivity index (χ1v) is 6.09. The van der Waals surface area contributed by atoms with Crippen molar-refractivity contribution in [1.82, 2.24) is 0 Å². The maximum atomic E-state index is 6.33. The SMILES string of the molecule is Cc1ccc([C@@H](N)C2CCOCC2)cc1C. The van der Waals surface area contributed by atoms with Crippen LogP contribution in [-0.4, -0.2) is 13.2 Å². The first kappa shape index (κ1) is 11.6. The van der Waals surface area contributed by atoms with Crippen molar-refractivity contribution in [2.45, 2.75) is 32.7 Å². The van der Waals surface area contributed by atoms with E-state index >= 15 is 0 Å². The Labute approximate surface area is 97.8 Å². The molecule has 0 saturated carbocycles. The van der Waals surface area contributed by atoms with Gasteiger partial charge in [0.25, 0.3) is 0 Å². The van der Waals surface area contributed by atoms with Crippen molar-refractivity contribution in [3.63, 3.8) is 0 Å². The van der Waals surface area contributed by atoms with E-state index < -0.39 is 0 Å². The largest absolute Gasteiger partial charge is 0.381 e. The quantitative estimate of drug-likeness (QED) is 0.830. The second kappa shape index (κ2) is 4.98. The smallest absolute Gasteiger partial charge is 0.0469 e. The van der Waals surface area contributed by atoms with Gasteiger partial charge in [-0.3, -0.25) is 0 Å². The summed E-state index contributed by atoms with van der Waals surface area (Å²) in [6.45, 7) is 6.01. The Morgan fingerprint density at radius 3 is 2.50 bits per heavy atom. The Balaban J connectivity index is 2.12. The highest BCUT2D eigenvalue weighted by molar-refractivity contribution is 5.31. The zero-order chi connectivity index (χ0) is 11.5. The lowest BCUT2D eigenvalue weighted by molar-refractivity contribution is 0.0584. The highest BCUT2D eigenvalue weighted by Gasteiger charge is 2.22. The van der Waals surface area contributed by atoms with Gasteiger partial charge in [-0.1, -0.05) is 18.2 Å². The van der Waals surface area contributed by atoms with Crippen molar-refractivity contribution in [3.8, 4) is 0 Å². The lowest BCUT2D eigenvalue weighted by Gasteiger charge is -2.28. The summed E-state index contributed by atoms with van der Waals surface area (Å²) >= 11 is 0. The number of aryl methyl sites for hydroxylation is 2. The first-order valence-electron chi connectivity index (χ1n) is 6.09. The van der Waals surface area contributed by atoms with Crippen molar-refractivity contribution in [2.75, 3.05) is 13.2 Å². The molecule has 1 heterocycles. The van der Waals surface area contributed by atoms with Gasteiger partial charge in [-0.05, 0) is 49.3 Å². The summed E-state index contributed by atoms with van der Waals surface area (Å²) in [5.74, 6) is 0.579. The number of hydrogen-bond donors (Lipinski definition) is 1. The first-order chi connectivity index (χ1) is 7.68. The van der Waals surface area contributed by atoms with Gasteiger partial charge in [-0.15, -0.1) is 0 Å². The minimum absolute atomic E-state index is 0.170. The average molecular weight is 219 g/mol. The molecule has 1 saturated heterocycles. The van der Waals surface area contributed by atoms with Crippen LogP contribution >= 0.6 is 0 Å². The van der Waals surface area contributed by atoms with E-state index in [0.717, 1.165) is 26.1 Å². The van der Waals surface area contributed by atoms with Gasteiger partial charge in [0.05, 0.1) is 0 Å². The number of rotatable bonds is 2. The number of benzene rings is 1. The van der Waals surface area contributed by atoms with Gasteiger partial charge in [0.2, 0.25) is 0 Å². The van der Waals surface area contributed by atoms with E-state index in [9.17, 15) is 0 Å². The molecule has 1 atom stereocenters. The van der Waals surface area contributed by atoms with Gasteiger partial charge < -0.3 is 10.5 Å². The molecule has 1 aliphatic rings. The second-order valence-electron chi connectivity index (χ2n) is 4.82. The van der Waals surface area contributed by atoms with E-state index in [1.54, 1.807) is 0 Å². The standard InChI is InChI=1S/C14H21NO/c1-10-3-4-13(9-11(10)2)14(15)12-5-7-16-8-6-12/h3-4,9,12,14H,5-8,15H2,1-2H3/t14-/m0/s1. The predicted molar refractivity (Wildman–Crippen MR) is 66.4 cm³/mol. The summed E-state index contributed by atoms with van der Waals surface area (Å²) in [6.07, 6.45) is 2.18. The summed E-state index contributed by atoms with van der Waals surface area (Å²) in [7, 11) is 0. The van der Waals surface area contributed by atoms with E-state index in [1.807, 2.05) is 0 Å². The molecule has 0 aromatic heterocycles. The highest BCUT2D eigenvalue weighted by atomic mass is 16.5. The lowest BCUT2D eigenvalue weighted by atomic mass is 9.87. The second-order valence-corrected chi connectivity index (χ2v) is 4.82. The molecular formula is C14H21NO. The van der Waals surface area contributed by atoms with E-state index in [1.165, 1.54) is 16.7 Å². The molecule has 0 aliphatic carbocycles. The monoisotopic (exact) mass is 219 g/mol. The molecule has 1 aliphatic heterocycles. The van der Waals surface area contributed by atoms with Crippen molar-refractivity contribution < 1.29 is 4.74 Å². The zero-order valence-electron chi connectivity index (χ0n) is 10.2. The Morgan fingerprint density at radius 2 is 1.88 bits per heavy atom. The fourth-order valence-corrected chi connectivity index (χ4v) is 2.32. The van der Waals surface area contributed by atoms with Crippen LogP contribution in [0.1, 0.15) is 35.6 Å². The van der Waals surface area contributed by atoms with Crippen LogP contribution in [-0.2, 0) is 4.74 Å². The van der Waals surface area contributed by atoms with Crippen LogP contribution in [0.3, 0.4) is 0 Å². The predicted octanol–water partition coefficient (Wildman–Crippen LogP) is 2.73. The van der Waals surface area contributed by atoms with Crippen molar-refractivity contribution in [3.05, 3.63) is 34.9 Å². The van der Waals surface area contributed by atoms with Crippen molar-refractivity contribution in [2.24, 2.45) is 11.7 Å². The van der Waals surface area contributed by atoms with Gasteiger partial charge in [-0.2, -0.15) is 0 Å². The van der Waals surface area contributed by atoms with Gasteiger partial charge in [0, 0.05) is 19.3 Å².